The molecule has 150 valence electrons. The summed E-state index contributed by atoms with van der Waals surface area (Å²) in [5.74, 6) is 0.651. The SMILES string of the molecule is CC(C)[C@@H]([NH2+]CC(=O)NC1CC[NH+](Cc2ccccc2)CC1)c1ccccc1. The fourth-order valence-electron chi connectivity index (χ4n) is 4.22. The van der Waals surface area contributed by atoms with Crippen molar-refractivity contribution in [3.05, 3.63) is 71.8 Å². The fourth-order valence-corrected chi connectivity index (χ4v) is 4.22. The second-order valence-electron chi connectivity index (χ2n) is 8.37. The Hall–Kier alpha value is -2.17. The van der Waals surface area contributed by atoms with Crippen LogP contribution >= 0.6 is 0 Å². The standard InChI is InChI=1S/C24H33N3O/c1-19(2)24(21-11-7-4-8-12-21)25-17-23(28)26-22-13-15-27(16-14-22)18-20-9-5-3-6-10-20/h3-12,19,22,24-25H,13-18H2,1-2H3,(H,26,28)/p+2/t24-/m1/s1. The van der Waals surface area contributed by atoms with E-state index in [2.05, 4.69) is 79.1 Å². The van der Waals surface area contributed by atoms with Gasteiger partial charge in [-0.1, -0.05) is 74.5 Å². The van der Waals surface area contributed by atoms with Crippen LogP contribution in [0, 0.1) is 5.92 Å². The molecule has 0 unspecified atom stereocenters. The number of nitrogens with two attached hydrogens (primary N) is 1. The molecule has 0 aromatic heterocycles. The van der Waals surface area contributed by atoms with Crippen molar-refractivity contribution in [2.45, 2.75) is 45.3 Å². The zero-order chi connectivity index (χ0) is 19.8. The molecule has 1 fully saturated rings. The Kier molecular flexibility index (Phi) is 7.63. The van der Waals surface area contributed by atoms with Gasteiger partial charge in [0.25, 0.3) is 5.91 Å². The van der Waals surface area contributed by atoms with Crippen LogP contribution in [0.2, 0.25) is 0 Å². The quantitative estimate of drug-likeness (QED) is 0.635. The van der Waals surface area contributed by atoms with Gasteiger partial charge in [-0.2, -0.15) is 0 Å². The van der Waals surface area contributed by atoms with Crippen LogP contribution in [0.5, 0.6) is 0 Å². The Morgan fingerprint density at radius 2 is 1.64 bits per heavy atom. The van der Waals surface area contributed by atoms with Gasteiger partial charge in [-0.05, 0) is 0 Å². The molecule has 0 aliphatic carbocycles. The van der Waals surface area contributed by atoms with Crippen LogP contribution in [-0.2, 0) is 11.3 Å². The summed E-state index contributed by atoms with van der Waals surface area (Å²) in [4.78, 5) is 14.1. The van der Waals surface area contributed by atoms with E-state index in [1.165, 1.54) is 11.1 Å². The second kappa shape index (κ2) is 10.4. The van der Waals surface area contributed by atoms with Crippen LogP contribution in [0.25, 0.3) is 0 Å². The van der Waals surface area contributed by atoms with E-state index in [0.29, 0.717) is 24.5 Å². The number of carbonyl (C=O) groups excluding carboxylic acids is 1. The zero-order valence-corrected chi connectivity index (χ0v) is 17.2. The van der Waals surface area contributed by atoms with E-state index in [0.717, 1.165) is 32.5 Å². The number of quaternary nitrogens is 2. The molecule has 1 heterocycles. The van der Waals surface area contributed by atoms with Crippen molar-refractivity contribution >= 4 is 5.91 Å². The van der Waals surface area contributed by atoms with Gasteiger partial charge in [-0.25, -0.2) is 0 Å². The molecule has 3 rings (SSSR count). The molecule has 1 aliphatic heterocycles. The van der Waals surface area contributed by atoms with Crippen molar-refractivity contribution in [3.63, 3.8) is 0 Å². The molecule has 1 amide bonds. The molecule has 4 N–H and O–H groups in total. The molecule has 1 aliphatic rings. The maximum Gasteiger partial charge on any atom is 0.275 e. The first-order valence-electron chi connectivity index (χ1n) is 10.7. The summed E-state index contributed by atoms with van der Waals surface area (Å²) in [7, 11) is 0. The van der Waals surface area contributed by atoms with Crippen LogP contribution in [0.1, 0.15) is 43.9 Å². The van der Waals surface area contributed by atoms with E-state index in [1.807, 2.05) is 6.07 Å². The number of piperidine rings is 1. The minimum absolute atomic E-state index is 0.165. The summed E-state index contributed by atoms with van der Waals surface area (Å²) in [6, 6.07) is 21.8. The van der Waals surface area contributed by atoms with Crippen LogP contribution in [0.15, 0.2) is 60.7 Å². The van der Waals surface area contributed by atoms with Gasteiger partial charge in [0.1, 0.15) is 12.6 Å². The average molecular weight is 382 g/mol. The summed E-state index contributed by atoms with van der Waals surface area (Å²) in [5, 5.41) is 5.45. The highest BCUT2D eigenvalue weighted by Gasteiger charge is 2.25. The zero-order valence-electron chi connectivity index (χ0n) is 17.2. The molecule has 0 bridgehead atoms. The molecule has 0 radical (unpaired) electrons. The fraction of sp³-hybridized carbons (Fsp3) is 0.458. The smallest absolute Gasteiger partial charge is 0.275 e. The summed E-state index contributed by atoms with van der Waals surface area (Å²) in [5.41, 5.74) is 2.69. The largest absolute Gasteiger partial charge is 0.348 e. The minimum Gasteiger partial charge on any atom is -0.348 e. The van der Waals surface area contributed by atoms with Crippen molar-refractivity contribution in [3.8, 4) is 0 Å². The first-order chi connectivity index (χ1) is 13.6. The Morgan fingerprint density at radius 3 is 2.25 bits per heavy atom. The number of nitrogens with one attached hydrogen (secondary N) is 2. The molecule has 2 aromatic carbocycles. The van der Waals surface area contributed by atoms with E-state index in [9.17, 15) is 4.79 Å². The molecule has 4 nitrogen and oxygen atoms in total. The Labute approximate surface area is 169 Å². The molecular weight excluding hydrogens is 346 g/mol. The first-order valence-corrected chi connectivity index (χ1v) is 10.7. The lowest BCUT2D eigenvalue weighted by molar-refractivity contribution is -0.918. The number of carbonyl (C=O) groups is 1. The molecule has 2 aromatic rings. The highest BCUT2D eigenvalue weighted by atomic mass is 16.2. The third kappa shape index (κ3) is 6.18. The number of rotatable bonds is 8. The van der Waals surface area contributed by atoms with Gasteiger partial charge in [-0.15, -0.1) is 0 Å². The van der Waals surface area contributed by atoms with Crippen molar-refractivity contribution in [1.82, 2.24) is 5.32 Å². The van der Waals surface area contributed by atoms with Crippen molar-refractivity contribution in [2.24, 2.45) is 5.92 Å². The highest BCUT2D eigenvalue weighted by molar-refractivity contribution is 5.77. The number of amides is 1. The number of likely N-dealkylation sites (tertiary alicyclic amines) is 1. The summed E-state index contributed by atoms with van der Waals surface area (Å²) in [6.07, 6.45) is 2.14. The molecule has 1 saturated heterocycles. The molecule has 1 atom stereocenters. The van der Waals surface area contributed by atoms with E-state index in [4.69, 9.17) is 0 Å². The predicted octanol–water partition coefficient (Wildman–Crippen LogP) is 1.31. The molecule has 4 heteroatoms. The van der Waals surface area contributed by atoms with Gasteiger partial charge in [0.2, 0.25) is 0 Å². The van der Waals surface area contributed by atoms with Gasteiger partial charge < -0.3 is 15.5 Å². The Morgan fingerprint density at radius 1 is 1.04 bits per heavy atom. The number of benzene rings is 2. The molecule has 28 heavy (non-hydrogen) atoms. The molecular formula is C24H35N3O+2. The first kappa shape index (κ1) is 20.6. The van der Waals surface area contributed by atoms with E-state index >= 15 is 0 Å². The predicted molar refractivity (Wildman–Crippen MR) is 113 cm³/mol. The van der Waals surface area contributed by atoms with Gasteiger partial charge in [0, 0.05) is 35.9 Å². The van der Waals surface area contributed by atoms with E-state index < -0.39 is 0 Å². The van der Waals surface area contributed by atoms with Gasteiger partial charge in [0.15, 0.2) is 6.54 Å². The summed E-state index contributed by atoms with van der Waals surface area (Å²) >= 11 is 0. The number of hydrogen-bond donors (Lipinski definition) is 3. The maximum absolute atomic E-state index is 12.5. The van der Waals surface area contributed by atoms with Crippen LogP contribution in [-0.4, -0.2) is 31.6 Å². The van der Waals surface area contributed by atoms with Gasteiger partial charge in [-0.3, -0.25) is 4.79 Å². The van der Waals surface area contributed by atoms with Crippen LogP contribution in [0.3, 0.4) is 0 Å². The second-order valence-corrected chi connectivity index (χ2v) is 8.37. The lowest BCUT2D eigenvalue weighted by Crippen LogP contribution is -3.12. The molecule has 0 spiro atoms. The third-order valence-corrected chi connectivity index (χ3v) is 5.81. The maximum atomic E-state index is 12.5. The third-order valence-electron chi connectivity index (χ3n) is 5.81. The summed E-state index contributed by atoms with van der Waals surface area (Å²) < 4.78 is 0. The Bertz CT molecular complexity index is 709. The van der Waals surface area contributed by atoms with E-state index in [1.54, 1.807) is 4.90 Å². The lowest BCUT2D eigenvalue weighted by atomic mass is 9.96. The molecule has 0 saturated carbocycles. The normalized spacial score (nSPS) is 20.7. The van der Waals surface area contributed by atoms with Gasteiger partial charge >= 0.3 is 0 Å². The average Bonchev–Trinajstić information content (AvgIpc) is 2.71. The topological polar surface area (TPSA) is 50.1 Å². The van der Waals surface area contributed by atoms with Crippen LogP contribution < -0.4 is 15.5 Å². The van der Waals surface area contributed by atoms with E-state index in [-0.39, 0.29) is 5.91 Å². The minimum atomic E-state index is 0.165. The highest BCUT2D eigenvalue weighted by Crippen LogP contribution is 2.16. The van der Waals surface area contributed by atoms with Crippen molar-refractivity contribution in [2.75, 3.05) is 19.6 Å². The van der Waals surface area contributed by atoms with Crippen molar-refractivity contribution < 1.29 is 15.0 Å². The van der Waals surface area contributed by atoms with Crippen molar-refractivity contribution in [1.29, 1.82) is 0 Å². The number of hydrogen-bond acceptors (Lipinski definition) is 1. The Balaban J connectivity index is 1.40. The lowest BCUT2D eigenvalue weighted by Gasteiger charge is -2.30. The monoisotopic (exact) mass is 381 g/mol. The summed E-state index contributed by atoms with van der Waals surface area (Å²) in [6.45, 7) is 8.27. The van der Waals surface area contributed by atoms with Gasteiger partial charge in [0.05, 0.1) is 13.1 Å². The van der Waals surface area contributed by atoms with Crippen LogP contribution in [0.4, 0.5) is 0 Å².